The monoisotopic (exact) mass is 982 g/mol. The number of morpholine rings is 1. The number of quaternary nitrogens is 1. The normalized spacial score (nSPS) is 13.4. The summed E-state index contributed by atoms with van der Waals surface area (Å²) in [5.74, 6) is -2.62. The summed E-state index contributed by atoms with van der Waals surface area (Å²) in [5, 5.41) is 24.7. The van der Waals surface area contributed by atoms with Crippen LogP contribution in [0.3, 0.4) is 0 Å². The van der Waals surface area contributed by atoms with E-state index in [0.29, 0.717) is 65.8 Å². The molecule has 1 fully saturated rings. The fraction of sp³-hybridized carbons (Fsp3) is 0.224. The van der Waals surface area contributed by atoms with Gasteiger partial charge in [0.2, 0.25) is 18.6 Å². The van der Waals surface area contributed by atoms with E-state index in [4.69, 9.17) is 31.8 Å². The second-order valence-corrected chi connectivity index (χ2v) is 16.8. The zero-order chi connectivity index (χ0) is 49.9. The molecular formula is C49H48N11O10S+. The van der Waals surface area contributed by atoms with Crippen molar-refractivity contribution < 1.29 is 38.2 Å². The molecule has 0 spiro atoms. The molecule has 1 aliphatic rings. The molecule has 7 aromatic rings. The van der Waals surface area contributed by atoms with Gasteiger partial charge in [0.1, 0.15) is 19.1 Å². The lowest BCUT2D eigenvalue weighted by molar-refractivity contribution is -0.139. The summed E-state index contributed by atoms with van der Waals surface area (Å²) in [4.78, 5) is 91.2. The van der Waals surface area contributed by atoms with Crippen LogP contribution in [0.5, 0.6) is 0 Å². The van der Waals surface area contributed by atoms with Crippen molar-refractivity contribution in [2.24, 2.45) is 0 Å². The number of nitrogen functional groups attached to an aromatic ring is 1. The van der Waals surface area contributed by atoms with Crippen LogP contribution in [0, 0.1) is 0 Å². The number of thiocarbonyl (C=S) groups is 1. The molecule has 21 nitrogen and oxygen atoms in total. The maximum absolute atomic E-state index is 13.4. The maximum atomic E-state index is 13.4. The minimum atomic E-state index is -1.33. The summed E-state index contributed by atoms with van der Waals surface area (Å²) in [7, 11) is 0. The largest absolute Gasteiger partial charge is 0.480 e. The number of nitrogens with zero attached hydrogens (tertiary/aromatic N) is 4. The van der Waals surface area contributed by atoms with E-state index in [9.17, 15) is 33.9 Å². The number of esters is 1. The molecule has 3 aromatic heterocycles. The predicted molar refractivity (Wildman–Crippen MR) is 268 cm³/mol. The number of carboxylic acids is 1. The number of hydrogen-bond acceptors (Lipinski definition) is 15. The summed E-state index contributed by atoms with van der Waals surface area (Å²) in [6.07, 6.45) is 1.12. The molecular weight excluding hydrogens is 935 g/mol. The third-order valence-corrected chi connectivity index (χ3v) is 11.8. The SMILES string of the molecule is Nc1nc2ncc(CNc3ccc(C(=O)NC(CCC(=O)NCCNC(=S)Nc4ccc(C(=O)OC[N+]5(c6cc(=O)c7cccc(-c8ccccc8)c7o6)CCOCC5)cc4)C(=O)O)cc3)nc2c(=O)[nH]1. The van der Waals surface area contributed by atoms with Gasteiger partial charge in [-0.3, -0.25) is 24.2 Å². The van der Waals surface area contributed by atoms with Gasteiger partial charge in [-0.1, -0.05) is 42.5 Å². The fourth-order valence-electron chi connectivity index (χ4n) is 7.71. The second-order valence-electron chi connectivity index (χ2n) is 16.4. The number of amides is 2. The molecule has 1 saturated heterocycles. The van der Waals surface area contributed by atoms with Gasteiger partial charge in [-0.05, 0) is 78.8 Å². The van der Waals surface area contributed by atoms with Crippen molar-refractivity contribution in [3.05, 3.63) is 147 Å². The first kappa shape index (κ1) is 48.8. The van der Waals surface area contributed by atoms with E-state index in [0.717, 1.165) is 11.1 Å². The van der Waals surface area contributed by atoms with Gasteiger partial charge in [-0.25, -0.2) is 24.0 Å². The zero-order valence-corrected chi connectivity index (χ0v) is 38.8. The van der Waals surface area contributed by atoms with Crippen LogP contribution in [-0.4, -0.2) is 106 Å². The number of anilines is 3. The van der Waals surface area contributed by atoms with Crippen molar-refractivity contribution in [2.75, 3.05) is 62.5 Å². The molecule has 0 bridgehead atoms. The highest BCUT2D eigenvalue weighted by atomic mass is 32.1. The number of nitrogens with two attached hydrogens (primary N) is 1. The Morgan fingerprint density at radius 3 is 2.34 bits per heavy atom. The number of ether oxygens (including phenoxy) is 2. The number of para-hydroxylation sites is 1. The van der Waals surface area contributed by atoms with E-state index >= 15 is 0 Å². The lowest BCUT2D eigenvalue weighted by Gasteiger charge is -2.37. The average Bonchev–Trinajstić information content (AvgIpc) is 3.38. The van der Waals surface area contributed by atoms with E-state index in [1.165, 1.54) is 24.4 Å². The quantitative estimate of drug-likeness (QED) is 0.0262. The third-order valence-electron chi connectivity index (χ3n) is 11.5. The number of carbonyl (C=O) groups excluding carboxylic acids is 3. The van der Waals surface area contributed by atoms with E-state index in [2.05, 4.69) is 46.5 Å². The average molecular weight is 983 g/mol. The molecule has 364 valence electrons. The van der Waals surface area contributed by atoms with Crippen molar-refractivity contribution in [3.63, 3.8) is 0 Å². The molecule has 2 amide bonds. The molecule has 1 unspecified atom stereocenters. The van der Waals surface area contributed by atoms with Crippen molar-refractivity contribution in [3.8, 4) is 11.1 Å². The van der Waals surface area contributed by atoms with Crippen LogP contribution < -0.4 is 47.8 Å². The first-order valence-corrected chi connectivity index (χ1v) is 22.8. The Bertz CT molecular complexity index is 3220. The van der Waals surface area contributed by atoms with E-state index in [1.807, 2.05) is 42.5 Å². The van der Waals surface area contributed by atoms with E-state index in [1.54, 1.807) is 42.5 Å². The first-order chi connectivity index (χ1) is 34.3. The van der Waals surface area contributed by atoms with Crippen LogP contribution in [0.15, 0.2) is 123 Å². The summed E-state index contributed by atoms with van der Waals surface area (Å²) in [5.41, 5.74) is 9.27. The van der Waals surface area contributed by atoms with E-state index in [-0.39, 0.29) is 76.9 Å². The van der Waals surface area contributed by atoms with E-state index < -0.39 is 35.4 Å². The molecule has 0 radical (unpaired) electrons. The summed E-state index contributed by atoms with van der Waals surface area (Å²) in [6.45, 7) is 2.12. The van der Waals surface area contributed by atoms with Crippen molar-refractivity contribution in [1.29, 1.82) is 0 Å². The molecule has 8 rings (SSSR count). The molecule has 0 saturated carbocycles. The number of H-pyrrole nitrogens is 1. The van der Waals surface area contributed by atoms with Gasteiger partial charge >= 0.3 is 17.8 Å². The predicted octanol–water partition coefficient (Wildman–Crippen LogP) is 3.90. The molecule has 22 heteroatoms. The number of aliphatic carboxylic acids is 1. The van der Waals surface area contributed by atoms with Gasteiger partial charge < -0.3 is 51.3 Å². The van der Waals surface area contributed by atoms with Crippen molar-refractivity contribution in [2.45, 2.75) is 25.4 Å². The van der Waals surface area contributed by atoms with Crippen LogP contribution in [0.1, 0.15) is 39.3 Å². The summed E-state index contributed by atoms with van der Waals surface area (Å²) >= 11 is 5.40. The Hall–Kier alpha value is -8.60. The molecule has 4 aromatic carbocycles. The number of rotatable bonds is 18. The lowest BCUT2D eigenvalue weighted by Crippen LogP contribution is -2.58. The number of carbonyl (C=O) groups is 4. The number of benzene rings is 4. The number of carboxylic acid groups (broad SMARTS) is 1. The van der Waals surface area contributed by atoms with Crippen LogP contribution >= 0.6 is 12.2 Å². The summed E-state index contributed by atoms with van der Waals surface area (Å²) < 4.78 is 18.1. The number of aromatic nitrogens is 4. The molecule has 4 heterocycles. The van der Waals surface area contributed by atoms with Crippen LogP contribution in [-0.2, 0) is 25.6 Å². The van der Waals surface area contributed by atoms with Gasteiger partial charge in [-0.15, -0.1) is 0 Å². The van der Waals surface area contributed by atoms with Crippen LogP contribution in [0.2, 0.25) is 0 Å². The van der Waals surface area contributed by atoms with Crippen LogP contribution in [0.25, 0.3) is 33.3 Å². The van der Waals surface area contributed by atoms with Gasteiger partial charge in [0.25, 0.3) is 11.5 Å². The van der Waals surface area contributed by atoms with Gasteiger partial charge in [0.05, 0.1) is 48.7 Å². The molecule has 71 heavy (non-hydrogen) atoms. The Morgan fingerprint density at radius 1 is 0.873 bits per heavy atom. The third kappa shape index (κ3) is 12.2. The van der Waals surface area contributed by atoms with Crippen molar-refractivity contribution >= 4 is 86.4 Å². The molecule has 1 atom stereocenters. The molecule has 9 N–H and O–H groups in total. The zero-order valence-electron chi connectivity index (χ0n) is 37.9. The lowest BCUT2D eigenvalue weighted by atomic mass is 10.0. The van der Waals surface area contributed by atoms with Gasteiger partial charge in [0.15, 0.2) is 27.3 Å². The number of nitrogens with one attached hydrogen (secondary N) is 6. The molecule has 1 aliphatic heterocycles. The number of hydrogen-bond donors (Lipinski definition) is 8. The highest BCUT2D eigenvalue weighted by Crippen LogP contribution is 2.33. The number of aromatic amines is 1. The Morgan fingerprint density at radius 2 is 1.59 bits per heavy atom. The maximum Gasteiger partial charge on any atom is 0.342 e. The minimum absolute atomic E-state index is 0.0407. The highest BCUT2D eigenvalue weighted by molar-refractivity contribution is 7.80. The second kappa shape index (κ2) is 22.2. The highest BCUT2D eigenvalue weighted by Gasteiger charge is 2.38. The standard InChI is InChI=1S/C49H47N11O10S/c50-48-58-43-41(45(64)59-48)55-34(27-54-43)26-53-32-13-9-30(10-14-32)44(63)57-37(46(65)66)17-18-39(62)51-19-20-52-49(71)56-33-15-11-31(12-16-33)47(67)69-28-60(21-23-68-24-22-60)40-25-38(61)36-8-4-7-35(42(36)70-40)29-5-2-1-3-6-29/h1-16,25,27,37H,17-24,26,28H2,(H8-,50,51,52,53,54,56,57,58,59,62,63,64,65,66,67,71)/p+1. The summed E-state index contributed by atoms with van der Waals surface area (Å²) in [6, 6.07) is 28.0. The Labute approximate surface area is 409 Å². The number of fused-ring (bicyclic) bond motifs is 2. The Kier molecular flexibility index (Phi) is 15.3. The van der Waals surface area contributed by atoms with Crippen molar-refractivity contribution in [1.82, 2.24) is 40.4 Å². The van der Waals surface area contributed by atoms with Crippen LogP contribution in [0.4, 0.5) is 23.2 Å². The topological polar surface area (TPSA) is 295 Å². The smallest absolute Gasteiger partial charge is 0.342 e. The van der Waals surface area contributed by atoms with Gasteiger partial charge in [-0.2, -0.15) is 4.98 Å². The molecule has 0 aliphatic carbocycles. The first-order valence-electron chi connectivity index (χ1n) is 22.4. The Balaban J connectivity index is 0.754. The fourth-order valence-corrected chi connectivity index (χ4v) is 7.93. The van der Waals surface area contributed by atoms with Gasteiger partial charge in [0, 0.05) is 42.0 Å². The minimum Gasteiger partial charge on any atom is -0.480 e.